The molecule has 0 N–H and O–H groups in total. The monoisotopic (exact) mass is 424 g/mol. The molecular weight excluding hydrogens is 405 g/mol. The zero-order chi connectivity index (χ0) is 18.5. The van der Waals surface area contributed by atoms with Crippen LogP contribution >= 0.6 is 22.7 Å². The average molecular weight is 425 g/mol. The van der Waals surface area contributed by atoms with E-state index in [4.69, 9.17) is 0 Å². The Kier molecular flexibility index (Phi) is 7.91. The first-order valence-corrected chi connectivity index (χ1v) is 9.96. The Labute approximate surface area is 172 Å². The van der Waals surface area contributed by atoms with E-state index in [-0.39, 0.29) is 24.1 Å². The minimum absolute atomic E-state index is 0. The summed E-state index contributed by atoms with van der Waals surface area (Å²) in [6.07, 6.45) is 4.23. The zero-order valence-electron chi connectivity index (χ0n) is 15.1. The van der Waals surface area contributed by atoms with Crippen LogP contribution in [0.4, 0.5) is 9.52 Å². The van der Waals surface area contributed by atoms with E-state index in [9.17, 15) is 9.18 Å². The largest absolute Gasteiger partial charge is 1.00 e. The number of rotatable bonds is 7. The van der Waals surface area contributed by atoms with Gasteiger partial charge in [0.15, 0.2) is 5.13 Å². The third kappa shape index (κ3) is 5.84. The molecule has 2 aromatic heterocycles. The molecule has 3 rings (SSSR count). The van der Waals surface area contributed by atoms with Crippen molar-refractivity contribution in [3.63, 3.8) is 0 Å². The molecule has 4 nitrogen and oxygen atoms in total. The van der Waals surface area contributed by atoms with Gasteiger partial charge in [0.25, 0.3) is 5.91 Å². The number of hydrogen-bond donors (Lipinski definition) is 0. The van der Waals surface area contributed by atoms with Gasteiger partial charge in [-0.2, -0.15) is 0 Å². The van der Waals surface area contributed by atoms with Gasteiger partial charge >= 0.3 is 0 Å². The number of carbonyl (C=O) groups excluding carboxylic acids is 1. The summed E-state index contributed by atoms with van der Waals surface area (Å²) < 4.78 is 14.2. The number of fused-ring (bicyclic) bond motifs is 1. The summed E-state index contributed by atoms with van der Waals surface area (Å²) in [5.74, 6) is -0.410. The molecular formula is C19H20ClFN3OS2-. The zero-order valence-corrected chi connectivity index (χ0v) is 17.5. The molecule has 144 valence electrons. The standard InChI is InChI=1S/C19H20FN3OS2.ClH/c1-22(2)10-4-11-23(18(24)9-7-15-5-3-12-25-15)19-21-16-8-6-14(20)13-17(16)26-19;/h3,5-9,12-13H,4,10-11H2,1-2H3;1H/p-1/b9-7+;. The summed E-state index contributed by atoms with van der Waals surface area (Å²) in [4.78, 5) is 22.1. The Bertz CT molecular complexity index is 909. The number of amides is 1. The molecule has 0 radical (unpaired) electrons. The van der Waals surface area contributed by atoms with Gasteiger partial charge in [0.1, 0.15) is 5.82 Å². The summed E-state index contributed by atoms with van der Waals surface area (Å²) in [6.45, 7) is 1.44. The smallest absolute Gasteiger partial charge is 0.252 e. The van der Waals surface area contributed by atoms with Gasteiger partial charge in [0.05, 0.1) is 10.2 Å². The molecule has 0 spiro atoms. The quantitative estimate of drug-likeness (QED) is 0.539. The van der Waals surface area contributed by atoms with Gasteiger partial charge in [0, 0.05) is 17.5 Å². The van der Waals surface area contributed by atoms with Crippen molar-refractivity contribution in [2.45, 2.75) is 6.42 Å². The van der Waals surface area contributed by atoms with Crippen LogP contribution in [0, 0.1) is 5.82 Å². The number of nitrogens with zero attached hydrogens (tertiary/aromatic N) is 3. The summed E-state index contributed by atoms with van der Waals surface area (Å²) in [7, 11) is 4.01. The summed E-state index contributed by atoms with van der Waals surface area (Å²) in [5, 5.41) is 2.58. The van der Waals surface area contributed by atoms with Crippen LogP contribution in [0.15, 0.2) is 41.8 Å². The molecule has 3 aromatic rings. The van der Waals surface area contributed by atoms with Gasteiger partial charge in [-0.3, -0.25) is 9.69 Å². The van der Waals surface area contributed by atoms with Crippen LogP contribution in [0.3, 0.4) is 0 Å². The predicted molar refractivity (Wildman–Crippen MR) is 108 cm³/mol. The van der Waals surface area contributed by atoms with Crippen molar-refractivity contribution in [3.8, 4) is 0 Å². The Morgan fingerprint density at radius 2 is 2.07 bits per heavy atom. The van der Waals surface area contributed by atoms with Gasteiger partial charge < -0.3 is 17.3 Å². The Morgan fingerprint density at radius 3 is 2.78 bits per heavy atom. The van der Waals surface area contributed by atoms with Crippen LogP contribution in [0.5, 0.6) is 0 Å². The number of thiazole rings is 1. The van der Waals surface area contributed by atoms with Gasteiger partial charge in [-0.1, -0.05) is 17.4 Å². The molecule has 0 fully saturated rings. The molecule has 0 bridgehead atoms. The fraction of sp³-hybridized carbons (Fsp3) is 0.263. The van der Waals surface area contributed by atoms with Crippen molar-refractivity contribution in [1.82, 2.24) is 9.88 Å². The molecule has 1 amide bonds. The lowest BCUT2D eigenvalue weighted by molar-refractivity contribution is -0.114. The molecule has 0 aliphatic heterocycles. The fourth-order valence-electron chi connectivity index (χ4n) is 2.48. The Hall–Kier alpha value is -1.80. The van der Waals surface area contributed by atoms with E-state index < -0.39 is 0 Å². The molecule has 0 saturated heterocycles. The third-order valence-corrected chi connectivity index (χ3v) is 5.64. The summed E-state index contributed by atoms with van der Waals surface area (Å²) in [6, 6.07) is 8.41. The first-order valence-electron chi connectivity index (χ1n) is 8.27. The molecule has 0 aliphatic rings. The van der Waals surface area contributed by atoms with Crippen molar-refractivity contribution in [1.29, 1.82) is 0 Å². The molecule has 8 heteroatoms. The van der Waals surface area contributed by atoms with Crippen LogP contribution < -0.4 is 17.3 Å². The van der Waals surface area contributed by atoms with Crippen molar-refractivity contribution in [3.05, 3.63) is 52.5 Å². The van der Waals surface area contributed by atoms with Crippen molar-refractivity contribution in [2.75, 3.05) is 32.1 Å². The van der Waals surface area contributed by atoms with Crippen LogP contribution in [-0.4, -0.2) is 43.0 Å². The lowest BCUT2D eigenvalue weighted by Gasteiger charge is -2.19. The molecule has 0 atom stereocenters. The second-order valence-corrected chi connectivity index (χ2v) is 8.09. The molecule has 0 saturated carbocycles. The number of anilines is 1. The number of thiophene rings is 1. The van der Waals surface area contributed by atoms with E-state index >= 15 is 0 Å². The number of aromatic nitrogens is 1. The lowest BCUT2D eigenvalue weighted by Crippen LogP contribution is -3.00. The molecule has 1 aromatic carbocycles. The summed E-state index contributed by atoms with van der Waals surface area (Å²) in [5.41, 5.74) is 0.707. The minimum atomic E-state index is -0.296. The Balaban J connectivity index is 0.00000261. The predicted octanol–water partition coefficient (Wildman–Crippen LogP) is 1.50. The normalized spacial score (nSPS) is 11.3. The van der Waals surface area contributed by atoms with E-state index in [0.717, 1.165) is 22.5 Å². The van der Waals surface area contributed by atoms with Crippen LogP contribution in [0.2, 0.25) is 0 Å². The number of carbonyl (C=O) groups is 1. The molecule has 27 heavy (non-hydrogen) atoms. The van der Waals surface area contributed by atoms with Crippen molar-refractivity contribution in [2.24, 2.45) is 0 Å². The highest BCUT2D eigenvalue weighted by atomic mass is 35.5. The van der Waals surface area contributed by atoms with Gasteiger partial charge in [-0.25, -0.2) is 9.37 Å². The third-order valence-electron chi connectivity index (χ3n) is 3.76. The second kappa shape index (κ2) is 9.94. The topological polar surface area (TPSA) is 36.4 Å². The Morgan fingerprint density at radius 1 is 1.26 bits per heavy atom. The van der Waals surface area contributed by atoms with E-state index in [2.05, 4.69) is 9.88 Å². The van der Waals surface area contributed by atoms with E-state index in [1.165, 1.54) is 23.5 Å². The van der Waals surface area contributed by atoms with Crippen molar-refractivity contribution >= 4 is 50.0 Å². The summed E-state index contributed by atoms with van der Waals surface area (Å²) >= 11 is 2.92. The van der Waals surface area contributed by atoms with Crippen molar-refractivity contribution < 1.29 is 21.6 Å². The molecule has 0 unspecified atom stereocenters. The highest BCUT2D eigenvalue weighted by Crippen LogP contribution is 2.30. The SMILES string of the molecule is CN(C)CCCN(C(=O)/C=C/c1cccs1)c1nc2ccc(F)cc2s1.[Cl-]. The number of hydrogen-bond acceptors (Lipinski definition) is 5. The highest BCUT2D eigenvalue weighted by Gasteiger charge is 2.18. The first kappa shape index (κ1) is 21.5. The highest BCUT2D eigenvalue weighted by molar-refractivity contribution is 7.22. The maximum atomic E-state index is 13.5. The van der Waals surface area contributed by atoms with E-state index in [1.54, 1.807) is 28.4 Å². The average Bonchev–Trinajstić information content (AvgIpc) is 3.25. The number of benzene rings is 1. The van der Waals surface area contributed by atoms with Gasteiger partial charge in [0.2, 0.25) is 0 Å². The van der Waals surface area contributed by atoms with E-state index in [0.29, 0.717) is 17.2 Å². The molecule has 2 heterocycles. The van der Waals surface area contributed by atoms with Gasteiger partial charge in [-0.15, -0.1) is 11.3 Å². The fourth-order valence-corrected chi connectivity index (χ4v) is 4.12. The maximum Gasteiger partial charge on any atom is 0.252 e. The van der Waals surface area contributed by atoms with Crippen LogP contribution in [0.25, 0.3) is 16.3 Å². The second-order valence-electron chi connectivity index (χ2n) is 6.10. The minimum Gasteiger partial charge on any atom is -1.00 e. The lowest BCUT2D eigenvalue weighted by atomic mass is 10.3. The van der Waals surface area contributed by atoms with Crippen LogP contribution in [-0.2, 0) is 4.79 Å². The number of halogens is 2. The molecule has 0 aliphatic carbocycles. The van der Waals surface area contributed by atoms with Gasteiger partial charge in [-0.05, 0) is 62.8 Å². The first-order chi connectivity index (χ1) is 12.5. The maximum absolute atomic E-state index is 13.5. The van der Waals surface area contributed by atoms with E-state index in [1.807, 2.05) is 37.7 Å². The van der Waals surface area contributed by atoms with Crippen LogP contribution in [0.1, 0.15) is 11.3 Å².